The van der Waals surface area contributed by atoms with E-state index in [9.17, 15) is 4.39 Å². The van der Waals surface area contributed by atoms with Crippen LogP contribution in [0.1, 0.15) is 19.4 Å². The van der Waals surface area contributed by atoms with Crippen molar-refractivity contribution in [3.8, 4) is 6.01 Å². The van der Waals surface area contributed by atoms with Crippen LogP contribution in [-0.4, -0.2) is 28.1 Å². The smallest absolute Gasteiger partial charge is 0.323 e. The second kappa shape index (κ2) is 6.83. The zero-order valence-electron chi connectivity index (χ0n) is 12.2. The highest BCUT2D eigenvalue weighted by Gasteiger charge is 2.08. The number of halogens is 1. The number of nitrogens with zero attached hydrogens (tertiary/aromatic N) is 3. The molecule has 2 aromatic rings. The molecule has 0 saturated carbocycles. The molecular weight excluding hydrogens is 273 g/mol. The monoisotopic (exact) mass is 291 g/mol. The van der Waals surface area contributed by atoms with Crippen molar-refractivity contribution in [1.82, 2.24) is 15.0 Å². The number of aromatic nitrogens is 3. The van der Waals surface area contributed by atoms with E-state index in [1.54, 1.807) is 13.1 Å². The molecule has 7 heteroatoms. The summed E-state index contributed by atoms with van der Waals surface area (Å²) in [5.74, 6) is 0.501. The normalized spacial score (nSPS) is 10.5. The van der Waals surface area contributed by atoms with E-state index in [4.69, 9.17) is 4.74 Å². The molecule has 0 amide bonds. The average molecular weight is 291 g/mol. The minimum atomic E-state index is -0.273. The molecule has 0 fully saturated rings. The number of benzene rings is 1. The van der Waals surface area contributed by atoms with Gasteiger partial charge in [0.25, 0.3) is 0 Å². The standard InChI is InChI=1S/C14H18FN5O/c1-9(2)21-14-19-12(16-3)18-13(20-14)17-8-10-5-4-6-11(15)7-10/h4-7,9H,8H2,1-3H3,(H2,16,17,18,19,20). The Morgan fingerprint density at radius 3 is 2.62 bits per heavy atom. The van der Waals surface area contributed by atoms with Crippen molar-refractivity contribution in [2.45, 2.75) is 26.5 Å². The molecule has 2 N–H and O–H groups in total. The molecular formula is C14H18FN5O. The van der Waals surface area contributed by atoms with Gasteiger partial charge < -0.3 is 15.4 Å². The summed E-state index contributed by atoms with van der Waals surface area (Å²) in [6, 6.07) is 6.58. The van der Waals surface area contributed by atoms with Crippen LogP contribution in [0.15, 0.2) is 24.3 Å². The third kappa shape index (κ3) is 4.55. The Balaban J connectivity index is 2.11. The van der Waals surface area contributed by atoms with Crippen LogP contribution in [0.25, 0.3) is 0 Å². The highest BCUT2D eigenvalue weighted by atomic mass is 19.1. The largest absolute Gasteiger partial charge is 0.461 e. The van der Waals surface area contributed by atoms with Gasteiger partial charge in [-0.05, 0) is 31.5 Å². The van der Waals surface area contributed by atoms with E-state index in [-0.39, 0.29) is 17.9 Å². The minimum Gasteiger partial charge on any atom is -0.461 e. The summed E-state index contributed by atoms with van der Waals surface area (Å²) in [6.07, 6.45) is -0.0341. The Bertz CT molecular complexity index is 606. The molecule has 1 aromatic heterocycles. The van der Waals surface area contributed by atoms with Crippen molar-refractivity contribution in [2.24, 2.45) is 0 Å². The summed E-state index contributed by atoms with van der Waals surface area (Å²) >= 11 is 0. The first kappa shape index (κ1) is 15.0. The molecule has 21 heavy (non-hydrogen) atoms. The summed E-state index contributed by atoms with van der Waals surface area (Å²) in [6.45, 7) is 4.19. The zero-order chi connectivity index (χ0) is 15.2. The van der Waals surface area contributed by atoms with Gasteiger partial charge in [-0.1, -0.05) is 12.1 Å². The number of rotatable bonds is 6. The van der Waals surface area contributed by atoms with E-state index in [0.29, 0.717) is 18.4 Å². The first-order valence-electron chi connectivity index (χ1n) is 6.65. The Kier molecular flexibility index (Phi) is 4.86. The fourth-order valence-corrected chi connectivity index (χ4v) is 1.64. The first-order chi connectivity index (χ1) is 10.1. The second-order valence-electron chi connectivity index (χ2n) is 4.67. The second-order valence-corrected chi connectivity index (χ2v) is 4.67. The van der Waals surface area contributed by atoms with Gasteiger partial charge in [-0.3, -0.25) is 0 Å². The van der Waals surface area contributed by atoms with Gasteiger partial charge in [0.05, 0.1) is 6.10 Å². The van der Waals surface area contributed by atoms with Crippen molar-refractivity contribution in [1.29, 1.82) is 0 Å². The van der Waals surface area contributed by atoms with Crippen LogP contribution < -0.4 is 15.4 Å². The lowest BCUT2D eigenvalue weighted by molar-refractivity contribution is 0.222. The number of nitrogens with one attached hydrogen (secondary N) is 2. The lowest BCUT2D eigenvalue weighted by Crippen LogP contribution is -2.13. The molecule has 6 nitrogen and oxygen atoms in total. The molecule has 1 heterocycles. The molecule has 0 saturated heterocycles. The topological polar surface area (TPSA) is 72.0 Å². The summed E-state index contributed by atoms with van der Waals surface area (Å²) in [5, 5.41) is 5.87. The third-order valence-electron chi connectivity index (χ3n) is 2.52. The molecule has 2 rings (SSSR count). The van der Waals surface area contributed by atoms with Gasteiger partial charge in [-0.25, -0.2) is 4.39 Å². The van der Waals surface area contributed by atoms with Crippen LogP contribution in [0.4, 0.5) is 16.3 Å². The summed E-state index contributed by atoms with van der Waals surface area (Å²) in [5.41, 5.74) is 0.799. The van der Waals surface area contributed by atoms with Gasteiger partial charge in [0.1, 0.15) is 5.82 Å². The van der Waals surface area contributed by atoms with Crippen LogP contribution in [-0.2, 0) is 6.54 Å². The number of anilines is 2. The fraction of sp³-hybridized carbons (Fsp3) is 0.357. The maximum atomic E-state index is 13.1. The molecule has 0 aliphatic carbocycles. The van der Waals surface area contributed by atoms with Crippen LogP contribution in [0.2, 0.25) is 0 Å². The van der Waals surface area contributed by atoms with Crippen molar-refractivity contribution < 1.29 is 9.13 Å². The SMILES string of the molecule is CNc1nc(NCc2cccc(F)c2)nc(OC(C)C)n1. The lowest BCUT2D eigenvalue weighted by atomic mass is 10.2. The van der Waals surface area contributed by atoms with Crippen LogP contribution in [0, 0.1) is 5.82 Å². The van der Waals surface area contributed by atoms with Crippen molar-refractivity contribution in [3.05, 3.63) is 35.6 Å². The predicted molar refractivity (Wildman–Crippen MR) is 78.9 cm³/mol. The number of hydrogen-bond donors (Lipinski definition) is 2. The molecule has 1 aromatic carbocycles. The molecule has 0 radical (unpaired) electrons. The quantitative estimate of drug-likeness (QED) is 0.852. The van der Waals surface area contributed by atoms with E-state index in [2.05, 4.69) is 25.6 Å². The summed E-state index contributed by atoms with van der Waals surface area (Å²) < 4.78 is 18.6. The summed E-state index contributed by atoms with van der Waals surface area (Å²) in [7, 11) is 1.71. The fourth-order valence-electron chi connectivity index (χ4n) is 1.64. The zero-order valence-corrected chi connectivity index (χ0v) is 12.2. The van der Waals surface area contributed by atoms with E-state index >= 15 is 0 Å². The maximum absolute atomic E-state index is 13.1. The third-order valence-corrected chi connectivity index (χ3v) is 2.52. The molecule has 112 valence electrons. The average Bonchev–Trinajstić information content (AvgIpc) is 2.44. The molecule has 0 bridgehead atoms. The molecule has 0 aliphatic heterocycles. The molecule has 0 atom stereocenters. The Morgan fingerprint density at radius 1 is 1.19 bits per heavy atom. The van der Waals surface area contributed by atoms with Crippen molar-refractivity contribution in [3.63, 3.8) is 0 Å². The van der Waals surface area contributed by atoms with Gasteiger partial charge >= 0.3 is 6.01 Å². The maximum Gasteiger partial charge on any atom is 0.323 e. The van der Waals surface area contributed by atoms with E-state index in [1.165, 1.54) is 12.1 Å². The minimum absolute atomic E-state index is 0.0341. The Labute approximate surface area is 122 Å². The highest BCUT2D eigenvalue weighted by Crippen LogP contribution is 2.13. The van der Waals surface area contributed by atoms with Gasteiger partial charge in [-0.15, -0.1) is 0 Å². The molecule has 0 unspecified atom stereocenters. The highest BCUT2D eigenvalue weighted by molar-refractivity contribution is 5.36. The van der Waals surface area contributed by atoms with Gasteiger partial charge in [-0.2, -0.15) is 15.0 Å². The van der Waals surface area contributed by atoms with Gasteiger partial charge in [0, 0.05) is 13.6 Å². The van der Waals surface area contributed by atoms with E-state index < -0.39 is 0 Å². The number of hydrogen-bond acceptors (Lipinski definition) is 6. The van der Waals surface area contributed by atoms with Crippen molar-refractivity contribution >= 4 is 11.9 Å². The Morgan fingerprint density at radius 2 is 1.95 bits per heavy atom. The van der Waals surface area contributed by atoms with E-state index in [0.717, 1.165) is 5.56 Å². The Hall–Kier alpha value is -2.44. The van der Waals surface area contributed by atoms with Crippen LogP contribution in [0.5, 0.6) is 6.01 Å². The first-order valence-corrected chi connectivity index (χ1v) is 6.65. The lowest BCUT2D eigenvalue weighted by Gasteiger charge is -2.11. The van der Waals surface area contributed by atoms with Crippen LogP contribution >= 0.6 is 0 Å². The van der Waals surface area contributed by atoms with Gasteiger partial charge in [0.15, 0.2) is 0 Å². The van der Waals surface area contributed by atoms with Crippen molar-refractivity contribution in [2.75, 3.05) is 17.7 Å². The van der Waals surface area contributed by atoms with Gasteiger partial charge in [0.2, 0.25) is 11.9 Å². The van der Waals surface area contributed by atoms with Crippen LogP contribution in [0.3, 0.4) is 0 Å². The predicted octanol–water partition coefficient (Wildman–Crippen LogP) is 2.45. The van der Waals surface area contributed by atoms with E-state index in [1.807, 2.05) is 19.9 Å². The number of ether oxygens (including phenoxy) is 1. The summed E-state index contributed by atoms with van der Waals surface area (Å²) in [4.78, 5) is 12.5. The molecule has 0 aliphatic rings. The molecule has 0 spiro atoms.